The number of aromatic nitrogens is 2. The summed E-state index contributed by atoms with van der Waals surface area (Å²) in [6.45, 7) is 11.7. The van der Waals surface area contributed by atoms with Crippen molar-refractivity contribution in [1.82, 2.24) is 19.9 Å². The van der Waals surface area contributed by atoms with Gasteiger partial charge in [0.05, 0.1) is 18.4 Å². The molecule has 3 heterocycles. The Hall–Kier alpha value is -2.15. The predicted octanol–water partition coefficient (Wildman–Crippen LogP) is 2.23. The number of carbonyl (C=O) groups is 1. The van der Waals surface area contributed by atoms with E-state index in [4.69, 9.17) is 8.94 Å². The van der Waals surface area contributed by atoms with Crippen molar-refractivity contribution < 1.29 is 13.7 Å². The lowest BCUT2D eigenvalue weighted by Gasteiger charge is -2.33. The summed E-state index contributed by atoms with van der Waals surface area (Å²) in [5.74, 6) is 1.84. The first kappa shape index (κ1) is 16.7. The van der Waals surface area contributed by atoms with Crippen molar-refractivity contribution in [2.45, 2.75) is 39.7 Å². The highest BCUT2D eigenvalue weighted by atomic mass is 16.5. The zero-order valence-electron chi connectivity index (χ0n) is 14.7. The minimum absolute atomic E-state index is 0.0361. The monoisotopic (exact) mass is 332 g/mol. The van der Waals surface area contributed by atoms with Gasteiger partial charge in [0, 0.05) is 37.7 Å². The van der Waals surface area contributed by atoms with Crippen molar-refractivity contribution in [3.63, 3.8) is 0 Å². The van der Waals surface area contributed by atoms with E-state index in [1.54, 1.807) is 24.1 Å². The molecule has 0 aliphatic carbocycles. The highest BCUT2D eigenvalue weighted by molar-refractivity contribution is 5.91. The number of piperazine rings is 1. The van der Waals surface area contributed by atoms with Crippen LogP contribution < -0.4 is 0 Å². The van der Waals surface area contributed by atoms with E-state index in [2.05, 4.69) is 35.8 Å². The molecule has 1 aliphatic rings. The third-order valence-corrected chi connectivity index (χ3v) is 4.15. The first-order valence-corrected chi connectivity index (χ1v) is 8.23. The number of rotatable bonds is 3. The van der Waals surface area contributed by atoms with Crippen molar-refractivity contribution in [3.05, 3.63) is 35.4 Å². The van der Waals surface area contributed by atoms with Gasteiger partial charge in [-0.2, -0.15) is 0 Å². The molecule has 0 atom stereocenters. The van der Waals surface area contributed by atoms with Crippen LogP contribution in [0.25, 0.3) is 0 Å². The second kappa shape index (κ2) is 6.39. The van der Waals surface area contributed by atoms with Crippen LogP contribution >= 0.6 is 0 Å². The van der Waals surface area contributed by atoms with Crippen LogP contribution in [0.4, 0.5) is 0 Å². The van der Waals surface area contributed by atoms with Gasteiger partial charge in [-0.3, -0.25) is 9.69 Å². The van der Waals surface area contributed by atoms with Crippen LogP contribution in [0, 0.1) is 6.92 Å². The maximum Gasteiger partial charge on any atom is 0.292 e. The van der Waals surface area contributed by atoms with Gasteiger partial charge in [-0.25, -0.2) is 4.98 Å². The Morgan fingerprint density at radius 2 is 1.96 bits per heavy atom. The quantitative estimate of drug-likeness (QED) is 0.858. The first-order chi connectivity index (χ1) is 11.3. The Kier molecular flexibility index (Phi) is 4.45. The average Bonchev–Trinajstić information content (AvgIpc) is 3.16. The Balaban J connectivity index is 1.54. The molecule has 0 aromatic carbocycles. The summed E-state index contributed by atoms with van der Waals surface area (Å²) in [4.78, 5) is 20.7. The van der Waals surface area contributed by atoms with Crippen molar-refractivity contribution in [3.8, 4) is 0 Å². The molecule has 0 N–H and O–H groups in total. The number of amides is 1. The SMILES string of the molecule is Cc1cc(C(=O)N2CCN(Cc3ncc(C(C)(C)C)o3)CC2)on1. The topological polar surface area (TPSA) is 75.6 Å². The minimum Gasteiger partial charge on any atom is -0.444 e. The van der Waals surface area contributed by atoms with E-state index >= 15 is 0 Å². The van der Waals surface area contributed by atoms with Gasteiger partial charge >= 0.3 is 0 Å². The molecule has 0 saturated carbocycles. The van der Waals surface area contributed by atoms with Crippen LogP contribution in [0.5, 0.6) is 0 Å². The Bertz CT molecular complexity index is 705. The van der Waals surface area contributed by atoms with E-state index in [0.29, 0.717) is 25.4 Å². The van der Waals surface area contributed by atoms with E-state index in [1.165, 1.54) is 0 Å². The molecule has 3 rings (SSSR count). The molecule has 0 spiro atoms. The number of aryl methyl sites for hydroxylation is 1. The van der Waals surface area contributed by atoms with E-state index in [1.807, 2.05) is 0 Å². The van der Waals surface area contributed by atoms with Crippen molar-refractivity contribution in [1.29, 1.82) is 0 Å². The van der Waals surface area contributed by atoms with E-state index in [-0.39, 0.29) is 11.3 Å². The van der Waals surface area contributed by atoms with Crippen molar-refractivity contribution >= 4 is 5.91 Å². The van der Waals surface area contributed by atoms with E-state index < -0.39 is 0 Å². The Morgan fingerprint density at radius 3 is 2.50 bits per heavy atom. The van der Waals surface area contributed by atoms with Crippen molar-refractivity contribution in [2.24, 2.45) is 0 Å². The van der Waals surface area contributed by atoms with Gasteiger partial charge in [-0.15, -0.1) is 0 Å². The first-order valence-electron chi connectivity index (χ1n) is 8.23. The van der Waals surface area contributed by atoms with Gasteiger partial charge in [0.1, 0.15) is 5.76 Å². The van der Waals surface area contributed by atoms with Crippen LogP contribution in [0.15, 0.2) is 21.2 Å². The molecular weight excluding hydrogens is 308 g/mol. The van der Waals surface area contributed by atoms with E-state index in [0.717, 1.165) is 30.4 Å². The summed E-state index contributed by atoms with van der Waals surface area (Å²) >= 11 is 0. The Labute approximate surface area is 141 Å². The summed E-state index contributed by atoms with van der Waals surface area (Å²) < 4.78 is 10.9. The normalized spacial score (nSPS) is 16.6. The molecule has 130 valence electrons. The summed E-state index contributed by atoms with van der Waals surface area (Å²) in [6, 6.07) is 1.68. The standard InChI is InChI=1S/C17H24N4O3/c1-12-9-13(24-19-12)16(22)21-7-5-20(6-8-21)11-15-18-10-14(23-15)17(2,3)4/h9-10H,5-8,11H2,1-4H3. The fourth-order valence-electron chi connectivity index (χ4n) is 2.65. The number of hydrogen-bond acceptors (Lipinski definition) is 6. The van der Waals surface area contributed by atoms with Gasteiger partial charge in [0.25, 0.3) is 5.91 Å². The largest absolute Gasteiger partial charge is 0.444 e. The van der Waals surface area contributed by atoms with Crippen LogP contribution in [-0.4, -0.2) is 52.0 Å². The van der Waals surface area contributed by atoms with Gasteiger partial charge in [-0.1, -0.05) is 25.9 Å². The Morgan fingerprint density at radius 1 is 1.25 bits per heavy atom. The molecule has 24 heavy (non-hydrogen) atoms. The lowest BCUT2D eigenvalue weighted by atomic mass is 9.94. The van der Waals surface area contributed by atoms with Gasteiger partial charge in [-0.05, 0) is 6.92 Å². The third-order valence-electron chi connectivity index (χ3n) is 4.15. The molecular formula is C17H24N4O3. The van der Waals surface area contributed by atoms with Gasteiger partial charge in [0.15, 0.2) is 0 Å². The highest BCUT2D eigenvalue weighted by Gasteiger charge is 2.26. The molecule has 7 nitrogen and oxygen atoms in total. The lowest BCUT2D eigenvalue weighted by Crippen LogP contribution is -2.48. The molecule has 1 saturated heterocycles. The smallest absolute Gasteiger partial charge is 0.292 e. The maximum absolute atomic E-state index is 12.3. The molecule has 0 radical (unpaired) electrons. The number of oxazole rings is 1. The minimum atomic E-state index is -0.0959. The maximum atomic E-state index is 12.3. The van der Waals surface area contributed by atoms with Crippen LogP contribution in [0.2, 0.25) is 0 Å². The van der Waals surface area contributed by atoms with Crippen LogP contribution in [-0.2, 0) is 12.0 Å². The molecule has 1 amide bonds. The fraction of sp³-hybridized carbons (Fsp3) is 0.588. The average molecular weight is 332 g/mol. The lowest BCUT2D eigenvalue weighted by molar-refractivity contribution is 0.0577. The molecule has 0 unspecified atom stereocenters. The summed E-state index contributed by atoms with van der Waals surface area (Å²) in [6.07, 6.45) is 1.81. The molecule has 1 aliphatic heterocycles. The van der Waals surface area contributed by atoms with Gasteiger partial charge in [0.2, 0.25) is 11.7 Å². The zero-order valence-corrected chi connectivity index (χ0v) is 14.7. The molecule has 2 aromatic heterocycles. The fourth-order valence-corrected chi connectivity index (χ4v) is 2.65. The van der Waals surface area contributed by atoms with Crippen LogP contribution in [0.3, 0.4) is 0 Å². The highest BCUT2D eigenvalue weighted by Crippen LogP contribution is 2.23. The number of carbonyl (C=O) groups excluding carboxylic acids is 1. The molecule has 1 fully saturated rings. The second-order valence-corrected chi connectivity index (χ2v) is 7.27. The third kappa shape index (κ3) is 3.67. The summed E-state index contributed by atoms with van der Waals surface area (Å²) in [7, 11) is 0. The van der Waals surface area contributed by atoms with Gasteiger partial charge < -0.3 is 13.8 Å². The number of hydrogen-bond donors (Lipinski definition) is 0. The van der Waals surface area contributed by atoms with E-state index in [9.17, 15) is 4.79 Å². The molecule has 0 bridgehead atoms. The summed E-state index contributed by atoms with van der Waals surface area (Å²) in [5.41, 5.74) is 0.682. The van der Waals surface area contributed by atoms with Crippen LogP contribution in [0.1, 0.15) is 48.7 Å². The predicted molar refractivity (Wildman–Crippen MR) is 87.6 cm³/mol. The second-order valence-electron chi connectivity index (χ2n) is 7.27. The van der Waals surface area contributed by atoms with Crippen molar-refractivity contribution in [2.75, 3.05) is 26.2 Å². The molecule has 2 aromatic rings. The summed E-state index contributed by atoms with van der Waals surface area (Å²) in [5, 5.41) is 3.77. The molecule has 7 heteroatoms. The zero-order chi connectivity index (χ0) is 17.3. The number of nitrogens with zero attached hydrogens (tertiary/aromatic N) is 4.